The number of anilines is 1. The summed E-state index contributed by atoms with van der Waals surface area (Å²) in [5.41, 5.74) is 0.804. The van der Waals surface area contributed by atoms with Crippen molar-refractivity contribution in [3.63, 3.8) is 0 Å². The first-order chi connectivity index (χ1) is 10.6. The van der Waals surface area contributed by atoms with Crippen LogP contribution < -0.4 is 10.6 Å². The van der Waals surface area contributed by atoms with Crippen LogP contribution in [0, 0.1) is 0 Å². The van der Waals surface area contributed by atoms with Crippen molar-refractivity contribution in [3.05, 3.63) is 30.3 Å². The van der Waals surface area contributed by atoms with Gasteiger partial charge in [-0.15, -0.1) is 0 Å². The predicted molar refractivity (Wildman–Crippen MR) is 92.4 cm³/mol. The summed E-state index contributed by atoms with van der Waals surface area (Å²) >= 11 is 0. The lowest BCUT2D eigenvalue weighted by atomic mass is 9.94. The average Bonchev–Trinajstić information content (AvgIpc) is 2.55. The second-order valence-corrected chi connectivity index (χ2v) is 7.79. The number of benzene rings is 1. The highest BCUT2D eigenvalue weighted by molar-refractivity contribution is 7.85. The maximum Gasteiger partial charge on any atom is 0.241 e. The van der Waals surface area contributed by atoms with Crippen molar-refractivity contribution in [2.24, 2.45) is 0 Å². The highest BCUT2D eigenvalue weighted by atomic mass is 32.2. The zero-order chi connectivity index (χ0) is 15.9. The van der Waals surface area contributed by atoms with Gasteiger partial charge >= 0.3 is 0 Å². The van der Waals surface area contributed by atoms with Crippen LogP contribution in [0.2, 0.25) is 0 Å². The molecule has 0 unspecified atom stereocenters. The molecule has 0 aromatic heterocycles. The van der Waals surface area contributed by atoms with E-state index in [1.165, 1.54) is 0 Å². The fourth-order valence-corrected chi connectivity index (χ4v) is 4.42. The van der Waals surface area contributed by atoms with Gasteiger partial charge in [0.25, 0.3) is 0 Å². The summed E-state index contributed by atoms with van der Waals surface area (Å²) < 4.78 is 12.2. The Hall–Kier alpha value is -1.20. The van der Waals surface area contributed by atoms with Crippen LogP contribution >= 0.6 is 0 Å². The largest absolute Gasteiger partial charge is 0.325 e. The van der Waals surface area contributed by atoms with Crippen LogP contribution in [0.1, 0.15) is 39.5 Å². The van der Waals surface area contributed by atoms with Crippen LogP contribution in [0.4, 0.5) is 5.69 Å². The average molecular weight is 322 g/mol. The van der Waals surface area contributed by atoms with E-state index in [0.717, 1.165) is 31.4 Å². The van der Waals surface area contributed by atoms with Gasteiger partial charge in [-0.25, -0.2) is 0 Å². The molecule has 122 valence electrons. The Kier molecular flexibility index (Phi) is 6.58. The maximum absolute atomic E-state index is 12.3. The SMILES string of the molecule is CC[S@](=O)[C@@H]1CCCC[C@H]1N[C@H](C)C(=O)Nc1ccccc1. The minimum absolute atomic E-state index is 0.0437. The number of amides is 1. The Bertz CT molecular complexity index is 507. The van der Waals surface area contributed by atoms with Gasteiger partial charge < -0.3 is 10.6 Å². The lowest BCUT2D eigenvalue weighted by molar-refractivity contribution is -0.118. The molecule has 5 heteroatoms. The van der Waals surface area contributed by atoms with Crippen LogP contribution in [0.3, 0.4) is 0 Å². The molecule has 1 aliphatic rings. The van der Waals surface area contributed by atoms with Crippen molar-refractivity contribution in [1.82, 2.24) is 5.32 Å². The summed E-state index contributed by atoms with van der Waals surface area (Å²) in [7, 11) is -0.805. The van der Waals surface area contributed by atoms with Crippen LogP contribution in [0.25, 0.3) is 0 Å². The van der Waals surface area contributed by atoms with Crippen molar-refractivity contribution in [1.29, 1.82) is 0 Å². The van der Waals surface area contributed by atoms with Crippen LogP contribution in [-0.2, 0) is 15.6 Å². The van der Waals surface area contributed by atoms with Gasteiger partial charge in [0, 0.05) is 28.3 Å². The molecule has 0 radical (unpaired) electrons. The van der Waals surface area contributed by atoms with Gasteiger partial charge in [-0.1, -0.05) is 38.0 Å². The smallest absolute Gasteiger partial charge is 0.241 e. The van der Waals surface area contributed by atoms with E-state index in [4.69, 9.17) is 0 Å². The zero-order valence-corrected chi connectivity index (χ0v) is 14.2. The molecule has 2 rings (SSSR count). The van der Waals surface area contributed by atoms with Gasteiger partial charge in [-0.2, -0.15) is 0 Å². The lowest BCUT2D eigenvalue weighted by Gasteiger charge is -2.33. The molecule has 1 amide bonds. The molecule has 0 saturated heterocycles. The summed E-state index contributed by atoms with van der Waals surface area (Å²) in [5.74, 6) is 0.644. The molecule has 0 spiro atoms. The first-order valence-electron chi connectivity index (χ1n) is 8.11. The Morgan fingerprint density at radius 3 is 2.64 bits per heavy atom. The molecular formula is C17H26N2O2S. The minimum Gasteiger partial charge on any atom is -0.325 e. The topological polar surface area (TPSA) is 58.2 Å². The summed E-state index contributed by atoms with van der Waals surface area (Å²) in [6, 6.07) is 9.35. The quantitative estimate of drug-likeness (QED) is 0.846. The third kappa shape index (κ3) is 4.65. The number of carbonyl (C=O) groups excluding carboxylic acids is 1. The van der Waals surface area contributed by atoms with Crippen molar-refractivity contribution in [2.75, 3.05) is 11.1 Å². The standard InChI is InChI=1S/C17H26N2O2S/c1-3-22(21)16-12-8-7-11-15(16)18-13(2)17(20)19-14-9-5-4-6-10-14/h4-6,9-10,13,15-16,18H,3,7-8,11-12H2,1-2H3,(H,19,20)/t13-,15-,16-,22+/m1/s1. The van der Waals surface area contributed by atoms with Gasteiger partial charge in [0.2, 0.25) is 5.91 Å². The number of hydrogen-bond acceptors (Lipinski definition) is 3. The van der Waals surface area contributed by atoms with Crippen LogP contribution in [0.15, 0.2) is 30.3 Å². The van der Waals surface area contributed by atoms with Crippen molar-refractivity contribution >= 4 is 22.4 Å². The van der Waals surface area contributed by atoms with Gasteiger partial charge in [-0.05, 0) is 31.9 Å². The highest BCUT2D eigenvalue weighted by Gasteiger charge is 2.31. The van der Waals surface area contributed by atoms with E-state index in [1.54, 1.807) is 0 Å². The summed E-state index contributed by atoms with van der Waals surface area (Å²) in [6.07, 6.45) is 4.27. The number of para-hydroxylation sites is 1. The fraction of sp³-hybridized carbons (Fsp3) is 0.588. The molecule has 1 aromatic carbocycles. The van der Waals surface area contributed by atoms with Crippen LogP contribution in [-0.4, -0.2) is 33.2 Å². The number of nitrogens with one attached hydrogen (secondary N) is 2. The number of carbonyl (C=O) groups is 1. The van der Waals surface area contributed by atoms with Gasteiger partial charge in [-0.3, -0.25) is 9.00 Å². The second-order valence-electron chi connectivity index (χ2n) is 5.84. The Morgan fingerprint density at radius 2 is 1.95 bits per heavy atom. The highest BCUT2D eigenvalue weighted by Crippen LogP contribution is 2.23. The molecule has 22 heavy (non-hydrogen) atoms. The van der Waals surface area contributed by atoms with E-state index in [9.17, 15) is 9.00 Å². The molecule has 1 fully saturated rings. The molecule has 0 heterocycles. The summed E-state index contributed by atoms with van der Waals surface area (Å²) in [4.78, 5) is 12.3. The Morgan fingerprint density at radius 1 is 1.27 bits per heavy atom. The number of rotatable bonds is 6. The molecule has 1 saturated carbocycles. The Labute approximate surface area is 135 Å². The summed E-state index contributed by atoms with van der Waals surface area (Å²) in [6.45, 7) is 3.84. The van der Waals surface area contributed by atoms with Gasteiger partial charge in [0.05, 0.1) is 11.3 Å². The van der Waals surface area contributed by atoms with Crippen molar-refractivity contribution in [3.8, 4) is 0 Å². The normalized spacial score (nSPS) is 24.5. The third-order valence-corrected chi connectivity index (χ3v) is 6.03. The number of hydrogen-bond donors (Lipinski definition) is 2. The second kappa shape index (κ2) is 8.44. The van der Waals surface area contributed by atoms with Gasteiger partial charge in [0.1, 0.15) is 0 Å². The van der Waals surface area contributed by atoms with E-state index in [2.05, 4.69) is 10.6 Å². The molecule has 1 aromatic rings. The zero-order valence-electron chi connectivity index (χ0n) is 13.4. The first-order valence-corrected chi connectivity index (χ1v) is 9.49. The maximum atomic E-state index is 12.3. The summed E-state index contributed by atoms with van der Waals surface area (Å²) in [5, 5.41) is 6.48. The monoisotopic (exact) mass is 322 g/mol. The lowest BCUT2D eigenvalue weighted by Crippen LogP contribution is -2.51. The third-order valence-electron chi connectivity index (χ3n) is 4.22. The van der Waals surface area contributed by atoms with E-state index >= 15 is 0 Å². The fourth-order valence-electron chi connectivity index (χ4n) is 2.99. The van der Waals surface area contributed by atoms with E-state index in [1.807, 2.05) is 44.2 Å². The predicted octanol–water partition coefficient (Wildman–Crippen LogP) is 2.68. The van der Waals surface area contributed by atoms with Crippen molar-refractivity contribution in [2.45, 2.75) is 56.9 Å². The molecule has 2 N–H and O–H groups in total. The Balaban J connectivity index is 1.93. The minimum atomic E-state index is -0.805. The molecule has 1 aliphatic carbocycles. The first kappa shape index (κ1) is 17.2. The van der Waals surface area contributed by atoms with E-state index < -0.39 is 10.8 Å². The molecule has 0 bridgehead atoms. The van der Waals surface area contributed by atoms with Gasteiger partial charge in [0.15, 0.2) is 0 Å². The van der Waals surface area contributed by atoms with E-state index in [-0.39, 0.29) is 23.2 Å². The molecule has 4 nitrogen and oxygen atoms in total. The molecular weight excluding hydrogens is 296 g/mol. The van der Waals surface area contributed by atoms with E-state index in [0.29, 0.717) is 5.75 Å². The van der Waals surface area contributed by atoms with Crippen LogP contribution in [0.5, 0.6) is 0 Å². The van der Waals surface area contributed by atoms with Crippen molar-refractivity contribution < 1.29 is 9.00 Å². The molecule has 4 atom stereocenters. The molecule has 0 aliphatic heterocycles.